The van der Waals surface area contributed by atoms with Crippen LogP contribution in [-0.2, 0) is 20.7 Å². The topological polar surface area (TPSA) is 135 Å². The number of nitriles is 1. The molecular formula is C27H38BFN4O6. The molecule has 0 saturated carbocycles. The van der Waals surface area contributed by atoms with Gasteiger partial charge in [-0.05, 0) is 70.2 Å². The molecule has 0 aromatic heterocycles. The minimum Gasteiger partial charge on any atom is -0.447 e. The van der Waals surface area contributed by atoms with Gasteiger partial charge in [-0.25, -0.2) is 9.18 Å². The maximum Gasteiger partial charge on any atom is 0.475 e. The highest BCUT2D eigenvalue weighted by molar-refractivity contribution is 6.43. The molecule has 0 spiro atoms. The summed E-state index contributed by atoms with van der Waals surface area (Å²) in [6, 6.07) is 7.55. The van der Waals surface area contributed by atoms with E-state index in [1.54, 1.807) is 11.0 Å². The van der Waals surface area contributed by atoms with Gasteiger partial charge in [0.25, 0.3) is 5.91 Å². The summed E-state index contributed by atoms with van der Waals surface area (Å²) < 4.78 is 24.1. The fraction of sp³-hybridized carbons (Fsp3) is 0.593. The second kappa shape index (κ2) is 13.4. The van der Waals surface area contributed by atoms with Crippen molar-refractivity contribution in [2.24, 2.45) is 0 Å². The third-order valence-corrected chi connectivity index (χ3v) is 7.46. The maximum atomic E-state index is 13.6. The summed E-state index contributed by atoms with van der Waals surface area (Å²) in [6.07, 6.45) is 3.02. The number of hydrogen-bond donors (Lipinski definition) is 3. The SMILES string of the molecule is CC(C)(/C=C(\C#N)C(=O)N1CCCC[C@]1(C)COC(=O)N[C@@H](Cc1ccc(F)cc1)B(O)O)N1CCOCC1. The molecule has 2 aliphatic rings. The molecule has 2 saturated heterocycles. The van der Waals surface area contributed by atoms with Gasteiger partial charge in [-0.1, -0.05) is 12.1 Å². The number of hydrogen-bond acceptors (Lipinski definition) is 8. The van der Waals surface area contributed by atoms with Gasteiger partial charge >= 0.3 is 13.2 Å². The first-order valence-corrected chi connectivity index (χ1v) is 13.3. The quantitative estimate of drug-likeness (QED) is 0.244. The Morgan fingerprint density at radius 1 is 1.26 bits per heavy atom. The number of carbonyl (C=O) groups is 2. The Morgan fingerprint density at radius 3 is 2.54 bits per heavy atom. The fourth-order valence-corrected chi connectivity index (χ4v) is 5.07. The van der Waals surface area contributed by atoms with Gasteiger partial charge in [-0.15, -0.1) is 0 Å². The Kier molecular flexibility index (Phi) is 10.5. The zero-order valence-electron chi connectivity index (χ0n) is 22.9. The Morgan fingerprint density at radius 2 is 1.92 bits per heavy atom. The number of nitrogens with zero attached hydrogens (tertiary/aromatic N) is 3. The lowest BCUT2D eigenvalue weighted by atomic mass is 9.76. The highest BCUT2D eigenvalue weighted by atomic mass is 19.1. The van der Waals surface area contributed by atoms with Gasteiger partial charge in [0.2, 0.25) is 0 Å². The number of amides is 2. The molecule has 2 fully saturated rings. The van der Waals surface area contributed by atoms with E-state index < -0.39 is 42.0 Å². The summed E-state index contributed by atoms with van der Waals surface area (Å²) in [5, 5.41) is 31.8. The van der Waals surface area contributed by atoms with Crippen molar-refractivity contribution in [1.29, 1.82) is 5.26 Å². The van der Waals surface area contributed by atoms with Gasteiger partial charge in [0.15, 0.2) is 0 Å². The van der Waals surface area contributed by atoms with Crippen LogP contribution >= 0.6 is 0 Å². The molecule has 39 heavy (non-hydrogen) atoms. The molecule has 2 amide bonds. The molecule has 2 atom stereocenters. The molecule has 1 aromatic carbocycles. The third-order valence-electron chi connectivity index (χ3n) is 7.46. The van der Waals surface area contributed by atoms with Gasteiger partial charge in [0.1, 0.15) is 24.1 Å². The van der Waals surface area contributed by atoms with E-state index in [0.29, 0.717) is 44.8 Å². The molecular weight excluding hydrogens is 506 g/mol. The van der Waals surface area contributed by atoms with Gasteiger partial charge in [0, 0.05) is 25.2 Å². The molecule has 2 heterocycles. The van der Waals surface area contributed by atoms with Gasteiger partial charge in [-0.2, -0.15) is 5.26 Å². The van der Waals surface area contributed by atoms with Gasteiger partial charge in [0.05, 0.1) is 24.7 Å². The predicted octanol–water partition coefficient (Wildman–Crippen LogP) is 1.81. The fourth-order valence-electron chi connectivity index (χ4n) is 5.07. The van der Waals surface area contributed by atoms with E-state index in [2.05, 4.69) is 16.3 Å². The molecule has 0 radical (unpaired) electrons. The molecule has 10 nitrogen and oxygen atoms in total. The lowest BCUT2D eigenvalue weighted by molar-refractivity contribution is -0.136. The van der Waals surface area contributed by atoms with E-state index in [9.17, 15) is 29.3 Å². The lowest BCUT2D eigenvalue weighted by Crippen LogP contribution is -2.57. The number of halogens is 1. The summed E-state index contributed by atoms with van der Waals surface area (Å²) in [5.41, 5.74) is -0.748. The van der Waals surface area contributed by atoms with Crippen molar-refractivity contribution in [1.82, 2.24) is 15.1 Å². The van der Waals surface area contributed by atoms with E-state index in [1.165, 1.54) is 24.3 Å². The van der Waals surface area contributed by atoms with Crippen LogP contribution in [0, 0.1) is 17.1 Å². The van der Waals surface area contributed by atoms with Crippen LogP contribution in [0.25, 0.3) is 0 Å². The van der Waals surface area contributed by atoms with Crippen molar-refractivity contribution in [2.75, 3.05) is 39.5 Å². The minimum absolute atomic E-state index is 0.0341. The van der Waals surface area contributed by atoms with Crippen molar-refractivity contribution in [3.63, 3.8) is 0 Å². The van der Waals surface area contributed by atoms with Crippen molar-refractivity contribution in [2.45, 2.75) is 63.5 Å². The number of likely N-dealkylation sites (tertiary alicyclic amines) is 1. The molecule has 0 unspecified atom stereocenters. The van der Waals surface area contributed by atoms with Crippen molar-refractivity contribution < 1.29 is 33.5 Å². The normalized spacial score (nSPS) is 21.6. The zero-order chi connectivity index (χ0) is 28.6. The molecule has 1 aromatic rings. The number of carbonyl (C=O) groups excluding carboxylic acids is 2. The highest BCUT2D eigenvalue weighted by Crippen LogP contribution is 2.31. The molecule has 12 heteroatoms. The molecule has 3 N–H and O–H groups in total. The van der Waals surface area contributed by atoms with Crippen LogP contribution in [0.2, 0.25) is 0 Å². The summed E-state index contributed by atoms with van der Waals surface area (Å²) in [6.45, 7) is 8.60. The number of ether oxygens (including phenoxy) is 2. The van der Waals surface area contributed by atoms with E-state index >= 15 is 0 Å². The summed E-state index contributed by atoms with van der Waals surface area (Å²) in [5.74, 6) is -1.92. The van der Waals surface area contributed by atoms with Crippen LogP contribution in [0.15, 0.2) is 35.9 Å². The van der Waals surface area contributed by atoms with Crippen molar-refractivity contribution in [3.05, 3.63) is 47.3 Å². The molecule has 3 rings (SSSR count). The van der Waals surface area contributed by atoms with E-state index in [-0.39, 0.29) is 18.6 Å². The average molecular weight is 544 g/mol. The van der Waals surface area contributed by atoms with Crippen molar-refractivity contribution >= 4 is 19.1 Å². The first kappa shape index (κ1) is 30.6. The standard InChI is InChI=1S/C27H38BFN4O6/c1-26(2,32-12-14-38-15-13-32)17-21(18-30)24(34)33-11-5-4-10-27(33,3)19-39-25(35)31-23(28(36)37)16-20-6-8-22(29)9-7-20/h6-9,17,23,36-37H,4-5,10-16,19H2,1-3H3,(H,31,35)/b21-17+/t23-,27+/m0/s1. The second-order valence-electron chi connectivity index (χ2n) is 10.9. The van der Waals surface area contributed by atoms with Crippen LogP contribution in [0.4, 0.5) is 9.18 Å². The van der Waals surface area contributed by atoms with Gasteiger partial charge in [-0.3, -0.25) is 9.69 Å². The lowest BCUT2D eigenvalue weighted by Gasteiger charge is -2.44. The van der Waals surface area contributed by atoms with Crippen LogP contribution in [-0.4, -0.2) is 95.4 Å². The zero-order valence-corrected chi connectivity index (χ0v) is 22.9. The molecule has 0 aliphatic carbocycles. The smallest absolute Gasteiger partial charge is 0.447 e. The number of morpholine rings is 1. The summed E-state index contributed by atoms with van der Waals surface area (Å²) in [4.78, 5) is 30.0. The highest BCUT2D eigenvalue weighted by Gasteiger charge is 2.41. The van der Waals surface area contributed by atoms with Gasteiger partial charge < -0.3 is 29.7 Å². The van der Waals surface area contributed by atoms with E-state index in [0.717, 1.165) is 12.8 Å². The Labute approximate surface area is 229 Å². The van der Waals surface area contributed by atoms with E-state index in [4.69, 9.17) is 9.47 Å². The number of nitrogens with one attached hydrogen (secondary N) is 1. The van der Waals surface area contributed by atoms with E-state index in [1.807, 2.05) is 20.8 Å². The number of benzene rings is 1. The number of alkyl carbamates (subject to hydrolysis) is 1. The summed E-state index contributed by atoms with van der Waals surface area (Å²) in [7, 11) is -1.87. The first-order chi connectivity index (χ1) is 18.4. The maximum absolute atomic E-state index is 13.6. The predicted molar refractivity (Wildman–Crippen MR) is 143 cm³/mol. The third kappa shape index (κ3) is 8.26. The largest absolute Gasteiger partial charge is 0.475 e. The Bertz CT molecular complexity index is 1070. The number of rotatable bonds is 9. The van der Waals surface area contributed by atoms with Crippen molar-refractivity contribution in [3.8, 4) is 6.07 Å². The monoisotopic (exact) mass is 544 g/mol. The van der Waals surface area contributed by atoms with Crippen LogP contribution in [0.3, 0.4) is 0 Å². The second-order valence-corrected chi connectivity index (χ2v) is 10.9. The molecule has 2 aliphatic heterocycles. The van der Waals surface area contributed by atoms with Crippen LogP contribution < -0.4 is 5.32 Å². The minimum atomic E-state index is -1.87. The average Bonchev–Trinajstić information content (AvgIpc) is 2.92. The molecule has 0 bridgehead atoms. The van der Waals surface area contributed by atoms with Crippen LogP contribution in [0.5, 0.6) is 0 Å². The first-order valence-electron chi connectivity index (χ1n) is 13.3. The Balaban J connectivity index is 1.67. The summed E-state index contributed by atoms with van der Waals surface area (Å²) >= 11 is 0. The van der Waals surface area contributed by atoms with Crippen LogP contribution in [0.1, 0.15) is 45.6 Å². The Hall–Kier alpha value is -2.98. The molecule has 212 valence electrons. The number of piperidine rings is 1.